The molecule has 3 nitrogen and oxygen atoms in total. The Morgan fingerprint density at radius 3 is 2.92 bits per heavy atom. The molecule has 0 aromatic carbocycles. The van der Waals surface area contributed by atoms with Crippen molar-refractivity contribution in [1.29, 1.82) is 5.41 Å². The number of hydrogen-bond donors (Lipinski definition) is 1. The number of aliphatic imine (C=N–C) groups is 1. The molecule has 1 rings (SSSR count). The molecule has 0 aromatic heterocycles. The summed E-state index contributed by atoms with van der Waals surface area (Å²) in [5.74, 6) is 1.48. The lowest BCUT2D eigenvalue weighted by Crippen LogP contribution is -2.37. The molecule has 1 unspecified atom stereocenters. The van der Waals surface area contributed by atoms with Gasteiger partial charge in [-0.05, 0) is 26.8 Å². The van der Waals surface area contributed by atoms with Crippen LogP contribution in [0.15, 0.2) is 17.1 Å². The minimum Gasteiger partial charge on any atom is -0.311 e. The van der Waals surface area contributed by atoms with E-state index in [0.29, 0.717) is 11.9 Å². The fourth-order valence-electron chi connectivity index (χ4n) is 1.39. The zero-order chi connectivity index (χ0) is 9.14. The van der Waals surface area contributed by atoms with Gasteiger partial charge in [0.2, 0.25) is 0 Å². The quantitative estimate of drug-likeness (QED) is 0.466. The van der Waals surface area contributed by atoms with E-state index in [-0.39, 0.29) is 0 Å². The smallest absolute Gasteiger partial charge is 0.128 e. The van der Waals surface area contributed by atoms with E-state index in [9.17, 15) is 0 Å². The Bertz CT molecular complexity index is 240. The first-order valence-electron chi connectivity index (χ1n) is 4.18. The molecule has 0 fully saturated rings. The van der Waals surface area contributed by atoms with Crippen molar-refractivity contribution in [2.75, 3.05) is 6.54 Å². The van der Waals surface area contributed by atoms with Gasteiger partial charge in [0.05, 0.1) is 18.4 Å². The normalized spacial score (nSPS) is 23.4. The van der Waals surface area contributed by atoms with Gasteiger partial charge in [-0.15, -0.1) is 0 Å². The van der Waals surface area contributed by atoms with E-state index in [4.69, 9.17) is 5.41 Å². The van der Waals surface area contributed by atoms with Crippen molar-refractivity contribution < 1.29 is 0 Å². The lowest BCUT2D eigenvalue weighted by atomic mass is 10.3. The second-order valence-corrected chi connectivity index (χ2v) is 3.00. The molecule has 1 atom stereocenters. The maximum Gasteiger partial charge on any atom is 0.128 e. The maximum atomic E-state index is 7.54. The molecule has 0 saturated carbocycles. The van der Waals surface area contributed by atoms with Crippen molar-refractivity contribution in [2.24, 2.45) is 4.99 Å². The molecule has 1 aliphatic rings. The monoisotopic (exact) mass is 165 g/mol. The van der Waals surface area contributed by atoms with Crippen molar-refractivity contribution in [1.82, 2.24) is 4.90 Å². The number of nitrogens with one attached hydrogen (secondary N) is 1. The summed E-state index contributed by atoms with van der Waals surface area (Å²) in [6.45, 7) is 6.64. The second-order valence-electron chi connectivity index (χ2n) is 3.00. The second kappa shape index (κ2) is 3.52. The summed E-state index contributed by atoms with van der Waals surface area (Å²) in [5, 5.41) is 7.54. The number of hydrogen-bond acceptors (Lipinski definition) is 2. The van der Waals surface area contributed by atoms with Crippen LogP contribution in [0.2, 0.25) is 0 Å². The van der Waals surface area contributed by atoms with E-state index >= 15 is 0 Å². The van der Waals surface area contributed by atoms with Crippen LogP contribution in [0.5, 0.6) is 0 Å². The molecular weight excluding hydrogens is 150 g/mol. The van der Waals surface area contributed by atoms with Crippen LogP contribution in [0.3, 0.4) is 0 Å². The summed E-state index contributed by atoms with van der Waals surface area (Å²) < 4.78 is 0. The minimum atomic E-state index is 0.341. The summed E-state index contributed by atoms with van der Waals surface area (Å²) in [4.78, 5) is 6.27. The maximum absolute atomic E-state index is 7.54. The van der Waals surface area contributed by atoms with Gasteiger partial charge in [-0.1, -0.05) is 6.08 Å². The minimum absolute atomic E-state index is 0.341. The first kappa shape index (κ1) is 8.97. The lowest BCUT2D eigenvalue weighted by Gasteiger charge is -2.22. The van der Waals surface area contributed by atoms with Crippen molar-refractivity contribution in [2.45, 2.75) is 26.8 Å². The molecule has 3 heteroatoms. The van der Waals surface area contributed by atoms with Crippen molar-refractivity contribution in [3.05, 3.63) is 12.2 Å². The van der Waals surface area contributed by atoms with Gasteiger partial charge in [0, 0.05) is 0 Å². The highest BCUT2D eigenvalue weighted by Crippen LogP contribution is 2.11. The van der Waals surface area contributed by atoms with Crippen LogP contribution in [0.4, 0.5) is 0 Å². The van der Waals surface area contributed by atoms with Crippen LogP contribution in [0.25, 0.3) is 0 Å². The predicted molar refractivity (Wildman–Crippen MR) is 51.8 cm³/mol. The van der Waals surface area contributed by atoms with E-state index in [2.05, 4.69) is 11.9 Å². The van der Waals surface area contributed by atoms with E-state index in [0.717, 1.165) is 12.4 Å². The topological polar surface area (TPSA) is 39.5 Å². The fourth-order valence-corrected chi connectivity index (χ4v) is 1.39. The SMILES string of the molecule is C/C=C\C1=NCC(C)N1C(C)=N. The fraction of sp³-hybridized carbons (Fsp3) is 0.556. The largest absolute Gasteiger partial charge is 0.311 e. The Balaban J connectivity index is 2.81. The molecule has 1 aliphatic heterocycles. The average molecular weight is 165 g/mol. The highest BCUT2D eigenvalue weighted by atomic mass is 15.3. The van der Waals surface area contributed by atoms with Gasteiger partial charge in [0.25, 0.3) is 0 Å². The molecule has 66 valence electrons. The standard InChI is InChI=1S/C9H15N3/c1-4-5-9-11-6-7(2)12(9)8(3)10/h4-5,7,10H,6H2,1-3H3/b5-4-,10-8?. The van der Waals surface area contributed by atoms with E-state index in [1.165, 1.54) is 0 Å². The lowest BCUT2D eigenvalue weighted by molar-refractivity contribution is 0.510. The van der Waals surface area contributed by atoms with Crippen LogP contribution in [0.1, 0.15) is 20.8 Å². The third kappa shape index (κ3) is 1.55. The van der Waals surface area contributed by atoms with Gasteiger partial charge in [0.1, 0.15) is 5.84 Å². The van der Waals surface area contributed by atoms with E-state index in [1.54, 1.807) is 6.92 Å². The van der Waals surface area contributed by atoms with Crippen molar-refractivity contribution in [3.63, 3.8) is 0 Å². The number of rotatable bonds is 1. The van der Waals surface area contributed by atoms with Gasteiger partial charge < -0.3 is 4.90 Å². The molecule has 0 spiro atoms. The summed E-state index contributed by atoms with van der Waals surface area (Å²) in [7, 11) is 0. The molecule has 0 aliphatic carbocycles. The Morgan fingerprint density at radius 2 is 2.42 bits per heavy atom. The van der Waals surface area contributed by atoms with Gasteiger partial charge in [-0.25, -0.2) is 0 Å². The Morgan fingerprint density at radius 1 is 1.75 bits per heavy atom. The van der Waals surface area contributed by atoms with Gasteiger partial charge >= 0.3 is 0 Å². The Kier molecular flexibility index (Phi) is 2.63. The molecule has 1 heterocycles. The van der Waals surface area contributed by atoms with Crippen LogP contribution < -0.4 is 0 Å². The molecule has 0 radical (unpaired) electrons. The molecule has 0 aromatic rings. The summed E-state index contributed by atoms with van der Waals surface area (Å²) in [6.07, 6.45) is 3.90. The molecule has 0 bridgehead atoms. The first-order chi connectivity index (χ1) is 5.66. The van der Waals surface area contributed by atoms with Gasteiger partial charge in [0.15, 0.2) is 0 Å². The Hall–Kier alpha value is -1.12. The number of amidine groups is 2. The van der Waals surface area contributed by atoms with Crippen LogP contribution >= 0.6 is 0 Å². The molecule has 12 heavy (non-hydrogen) atoms. The number of allylic oxidation sites excluding steroid dienone is 1. The summed E-state index contributed by atoms with van der Waals surface area (Å²) >= 11 is 0. The molecule has 0 amide bonds. The highest BCUT2D eigenvalue weighted by molar-refractivity contribution is 6.05. The molecule has 0 saturated heterocycles. The van der Waals surface area contributed by atoms with Crippen LogP contribution in [0, 0.1) is 5.41 Å². The predicted octanol–water partition coefficient (Wildman–Crippen LogP) is 1.66. The molecule has 1 N–H and O–H groups in total. The van der Waals surface area contributed by atoms with E-state index in [1.807, 2.05) is 24.0 Å². The average Bonchev–Trinajstić information content (AvgIpc) is 2.32. The van der Waals surface area contributed by atoms with Crippen molar-refractivity contribution in [3.8, 4) is 0 Å². The first-order valence-corrected chi connectivity index (χ1v) is 4.18. The Labute approximate surface area is 73.3 Å². The zero-order valence-electron chi connectivity index (χ0n) is 7.83. The van der Waals surface area contributed by atoms with Crippen molar-refractivity contribution >= 4 is 11.7 Å². The van der Waals surface area contributed by atoms with Gasteiger partial charge in [-0.3, -0.25) is 10.4 Å². The summed E-state index contributed by atoms with van der Waals surface area (Å²) in [6, 6.07) is 0.341. The summed E-state index contributed by atoms with van der Waals surface area (Å²) in [5.41, 5.74) is 0. The molecular formula is C9H15N3. The third-order valence-electron chi connectivity index (χ3n) is 1.88. The van der Waals surface area contributed by atoms with E-state index < -0.39 is 0 Å². The third-order valence-corrected chi connectivity index (χ3v) is 1.88. The van der Waals surface area contributed by atoms with Crippen LogP contribution in [-0.2, 0) is 0 Å². The highest BCUT2D eigenvalue weighted by Gasteiger charge is 2.23. The van der Waals surface area contributed by atoms with Gasteiger partial charge in [-0.2, -0.15) is 0 Å². The number of nitrogens with zero attached hydrogens (tertiary/aromatic N) is 2. The van der Waals surface area contributed by atoms with Crippen LogP contribution in [-0.4, -0.2) is 29.2 Å². The zero-order valence-corrected chi connectivity index (χ0v) is 7.83.